The summed E-state index contributed by atoms with van der Waals surface area (Å²) < 4.78 is 0. The van der Waals surface area contributed by atoms with Gasteiger partial charge in [0, 0.05) is 11.4 Å². The molecule has 1 aliphatic rings. The molecule has 0 atom stereocenters. The highest BCUT2D eigenvalue weighted by atomic mass is 14.8. The van der Waals surface area contributed by atoms with Crippen molar-refractivity contribution in [3.8, 4) is 0 Å². The number of nitrogens with two attached hydrogens (primary N) is 1. The van der Waals surface area contributed by atoms with E-state index in [0.29, 0.717) is 0 Å². The highest BCUT2D eigenvalue weighted by Gasteiger charge is 2.08. The molecule has 0 saturated heterocycles. The summed E-state index contributed by atoms with van der Waals surface area (Å²) in [6.45, 7) is 4.43. The molecular weight excluding hydrogens is 292 g/mol. The van der Waals surface area contributed by atoms with Crippen LogP contribution < -0.4 is 5.73 Å². The number of aliphatic imine (C=N–C) groups is 1. The predicted octanol–water partition coefficient (Wildman–Crippen LogP) is 6.53. The number of unbranched alkanes of at least 4 members (excludes halogenated alkanes) is 2. The Morgan fingerprint density at radius 3 is 2.75 bits per heavy atom. The average molecular weight is 322 g/mol. The summed E-state index contributed by atoms with van der Waals surface area (Å²) in [6, 6.07) is 7.84. The van der Waals surface area contributed by atoms with Gasteiger partial charge in [0.15, 0.2) is 0 Å². The maximum absolute atomic E-state index is 5.90. The molecule has 0 aliphatic heterocycles. The van der Waals surface area contributed by atoms with E-state index in [1.807, 2.05) is 24.3 Å². The van der Waals surface area contributed by atoms with E-state index < -0.39 is 0 Å². The molecule has 0 bridgehead atoms. The molecule has 128 valence electrons. The third-order valence-corrected chi connectivity index (χ3v) is 4.25. The average Bonchev–Trinajstić information content (AvgIpc) is 2.60. The van der Waals surface area contributed by atoms with Gasteiger partial charge in [0.05, 0.1) is 5.69 Å². The molecule has 24 heavy (non-hydrogen) atoms. The van der Waals surface area contributed by atoms with Crippen molar-refractivity contribution >= 4 is 17.1 Å². The summed E-state index contributed by atoms with van der Waals surface area (Å²) in [4.78, 5) is 4.90. The Labute approximate surface area is 146 Å². The minimum atomic E-state index is 0.765. The van der Waals surface area contributed by atoms with Crippen LogP contribution in [0.3, 0.4) is 0 Å². The Bertz CT molecular complexity index is 648. The fraction of sp³-hybridized carbons (Fsp3) is 0.409. The van der Waals surface area contributed by atoms with Crippen LogP contribution in [0.1, 0.15) is 58.8 Å². The molecule has 2 heteroatoms. The van der Waals surface area contributed by atoms with Gasteiger partial charge in [-0.2, -0.15) is 0 Å². The van der Waals surface area contributed by atoms with E-state index >= 15 is 0 Å². The topological polar surface area (TPSA) is 38.4 Å². The summed E-state index contributed by atoms with van der Waals surface area (Å²) in [5.74, 6) is 0. The monoisotopic (exact) mass is 322 g/mol. The second-order valence-corrected chi connectivity index (χ2v) is 6.32. The molecule has 2 nitrogen and oxygen atoms in total. The highest BCUT2D eigenvalue weighted by Crippen LogP contribution is 2.23. The highest BCUT2D eigenvalue weighted by molar-refractivity contribution is 6.02. The molecule has 1 aromatic carbocycles. The zero-order valence-corrected chi connectivity index (χ0v) is 15.1. The summed E-state index contributed by atoms with van der Waals surface area (Å²) >= 11 is 0. The van der Waals surface area contributed by atoms with E-state index in [1.165, 1.54) is 36.1 Å². The van der Waals surface area contributed by atoms with Gasteiger partial charge >= 0.3 is 0 Å². The number of benzene rings is 1. The maximum Gasteiger partial charge on any atom is 0.0653 e. The van der Waals surface area contributed by atoms with E-state index in [9.17, 15) is 0 Å². The third-order valence-electron chi connectivity index (χ3n) is 4.25. The lowest BCUT2D eigenvalue weighted by atomic mass is 9.96. The van der Waals surface area contributed by atoms with Crippen LogP contribution in [0.4, 0.5) is 11.4 Å². The van der Waals surface area contributed by atoms with Crippen molar-refractivity contribution in [3.63, 3.8) is 0 Å². The lowest BCUT2D eigenvalue weighted by molar-refractivity contribution is 0.721. The molecule has 1 aliphatic carbocycles. The Kier molecular flexibility index (Phi) is 7.54. The van der Waals surface area contributed by atoms with Crippen molar-refractivity contribution in [2.75, 3.05) is 5.73 Å². The molecule has 0 aromatic heterocycles. The normalized spacial score (nSPS) is 15.5. The lowest BCUT2D eigenvalue weighted by Gasteiger charge is -2.12. The van der Waals surface area contributed by atoms with Gasteiger partial charge in [-0.3, -0.25) is 4.99 Å². The van der Waals surface area contributed by atoms with Crippen LogP contribution in [0.2, 0.25) is 0 Å². The Morgan fingerprint density at radius 2 is 2.08 bits per heavy atom. The number of hydrogen-bond donors (Lipinski definition) is 1. The molecule has 2 rings (SSSR count). The lowest BCUT2D eigenvalue weighted by Crippen LogP contribution is -2.03. The van der Waals surface area contributed by atoms with Crippen LogP contribution in [-0.2, 0) is 0 Å². The molecule has 1 aromatic rings. The first-order valence-corrected chi connectivity index (χ1v) is 9.23. The second kappa shape index (κ2) is 9.92. The van der Waals surface area contributed by atoms with Crippen molar-refractivity contribution in [2.45, 2.75) is 58.8 Å². The molecule has 0 saturated carbocycles. The van der Waals surface area contributed by atoms with Gasteiger partial charge in [-0.1, -0.05) is 57.1 Å². The number of nitrogens with zero attached hydrogens (tertiary/aromatic N) is 1. The Balaban J connectivity index is 2.29. The predicted molar refractivity (Wildman–Crippen MR) is 107 cm³/mol. The molecule has 0 radical (unpaired) electrons. The summed E-state index contributed by atoms with van der Waals surface area (Å²) in [5.41, 5.74) is 11.5. The zero-order chi connectivity index (χ0) is 17.2. The van der Waals surface area contributed by atoms with Crippen LogP contribution in [0.5, 0.6) is 0 Å². The standard InChI is InChI=1S/C22H30N2/c1-3-5-7-13-19(16-18-11-8-6-9-12-18)22(4-2)24-21-15-10-14-20(23)17-21/h8,10-12,14-17H,3-7,9,13,23H2,1-2H3/b19-16+,24-22?. The molecule has 2 N–H and O–H groups in total. The van der Waals surface area contributed by atoms with Crippen molar-refractivity contribution in [1.29, 1.82) is 0 Å². The van der Waals surface area contributed by atoms with Gasteiger partial charge in [0.2, 0.25) is 0 Å². The quantitative estimate of drug-likeness (QED) is 0.329. The fourth-order valence-electron chi connectivity index (χ4n) is 2.94. The molecule has 0 unspecified atom stereocenters. The van der Waals surface area contributed by atoms with Crippen LogP contribution in [0, 0.1) is 0 Å². The van der Waals surface area contributed by atoms with E-state index in [4.69, 9.17) is 10.7 Å². The Morgan fingerprint density at radius 1 is 1.21 bits per heavy atom. The maximum atomic E-state index is 5.90. The minimum Gasteiger partial charge on any atom is -0.399 e. The molecule has 0 fully saturated rings. The van der Waals surface area contributed by atoms with Gasteiger partial charge in [-0.15, -0.1) is 0 Å². The zero-order valence-electron chi connectivity index (χ0n) is 15.1. The van der Waals surface area contributed by atoms with Crippen LogP contribution >= 0.6 is 0 Å². The molecule has 0 spiro atoms. The van der Waals surface area contributed by atoms with E-state index in [-0.39, 0.29) is 0 Å². The van der Waals surface area contributed by atoms with Crippen molar-refractivity contribution in [3.05, 3.63) is 59.7 Å². The summed E-state index contributed by atoms with van der Waals surface area (Å²) in [5, 5.41) is 0. The van der Waals surface area contributed by atoms with Gasteiger partial charge < -0.3 is 5.73 Å². The van der Waals surface area contributed by atoms with Gasteiger partial charge in [0.25, 0.3) is 0 Å². The van der Waals surface area contributed by atoms with Gasteiger partial charge in [-0.05, 0) is 61.4 Å². The number of allylic oxidation sites excluding steroid dienone is 6. The first-order valence-electron chi connectivity index (χ1n) is 9.23. The minimum absolute atomic E-state index is 0.765. The SMILES string of the molecule is CCCCC/C(=C\C1=CCCC=C1)C(CC)=Nc1cccc(N)c1. The van der Waals surface area contributed by atoms with Crippen molar-refractivity contribution in [1.82, 2.24) is 0 Å². The summed E-state index contributed by atoms with van der Waals surface area (Å²) in [7, 11) is 0. The van der Waals surface area contributed by atoms with Crippen LogP contribution in [0.25, 0.3) is 0 Å². The first kappa shape index (κ1) is 18.3. The van der Waals surface area contributed by atoms with Gasteiger partial charge in [-0.25, -0.2) is 0 Å². The molecule has 0 heterocycles. The van der Waals surface area contributed by atoms with Crippen molar-refractivity contribution in [2.24, 2.45) is 4.99 Å². The van der Waals surface area contributed by atoms with E-state index in [2.05, 4.69) is 38.2 Å². The fourth-order valence-corrected chi connectivity index (χ4v) is 2.94. The third kappa shape index (κ3) is 5.84. The number of nitrogen functional groups attached to an aromatic ring is 1. The van der Waals surface area contributed by atoms with Crippen LogP contribution in [-0.4, -0.2) is 5.71 Å². The van der Waals surface area contributed by atoms with Gasteiger partial charge in [0.1, 0.15) is 0 Å². The molecular formula is C22H30N2. The van der Waals surface area contributed by atoms with E-state index in [1.54, 1.807) is 0 Å². The first-order chi connectivity index (χ1) is 11.7. The number of anilines is 1. The van der Waals surface area contributed by atoms with Crippen molar-refractivity contribution < 1.29 is 0 Å². The smallest absolute Gasteiger partial charge is 0.0653 e. The molecule has 0 amide bonds. The second-order valence-electron chi connectivity index (χ2n) is 6.32. The largest absolute Gasteiger partial charge is 0.399 e. The number of hydrogen-bond acceptors (Lipinski definition) is 2. The Hall–Kier alpha value is -2.09. The number of rotatable bonds is 8. The van der Waals surface area contributed by atoms with Crippen LogP contribution in [0.15, 0.2) is 64.7 Å². The van der Waals surface area contributed by atoms with E-state index in [0.717, 1.165) is 37.1 Å². The summed E-state index contributed by atoms with van der Waals surface area (Å²) in [6.07, 6.45) is 17.2.